The minimum absolute atomic E-state index is 0.0222. The van der Waals surface area contributed by atoms with E-state index in [-0.39, 0.29) is 11.3 Å². The first-order valence-electron chi connectivity index (χ1n) is 10.0. The lowest BCUT2D eigenvalue weighted by molar-refractivity contribution is -0.139. The number of hydrogen-bond donors (Lipinski definition) is 1. The Morgan fingerprint density at radius 2 is 1.97 bits per heavy atom. The quantitative estimate of drug-likeness (QED) is 0.773. The Morgan fingerprint density at radius 3 is 2.59 bits per heavy atom. The van der Waals surface area contributed by atoms with Crippen LogP contribution in [0.5, 0.6) is 5.75 Å². The maximum absolute atomic E-state index is 12.8. The molecule has 1 aromatic rings. The number of carbonyl (C=O) groups excluding carboxylic acids is 3. The molecule has 8 heteroatoms. The summed E-state index contributed by atoms with van der Waals surface area (Å²) in [5, 5.41) is 2.73. The highest BCUT2D eigenvalue weighted by Gasteiger charge is 2.58. The van der Waals surface area contributed by atoms with Gasteiger partial charge in [0.05, 0.1) is 18.5 Å². The number of rotatable bonds is 2. The number of urea groups is 1. The number of carbonyl (C=O) groups is 3. The van der Waals surface area contributed by atoms with Crippen LogP contribution in [-0.2, 0) is 15.0 Å². The van der Waals surface area contributed by atoms with Gasteiger partial charge in [0.2, 0.25) is 6.17 Å². The summed E-state index contributed by atoms with van der Waals surface area (Å²) in [4.78, 5) is 47.4. The van der Waals surface area contributed by atoms with E-state index in [0.29, 0.717) is 25.2 Å². The van der Waals surface area contributed by atoms with Crippen molar-refractivity contribution in [2.24, 2.45) is 9.98 Å². The Kier molecular flexibility index (Phi) is 3.09. The predicted molar refractivity (Wildman–Crippen MR) is 103 cm³/mol. The molecule has 0 radical (unpaired) electrons. The zero-order valence-electron chi connectivity index (χ0n) is 16.0. The van der Waals surface area contributed by atoms with Gasteiger partial charge in [-0.15, -0.1) is 0 Å². The summed E-state index contributed by atoms with van der Waals surface area (Å²) in [5.74, 6) is -0.0865. The van der Waals surface area contributed by atoms with Crippen LogP contribution >= 0.6 is 0 Å². The van der Waals surface area contributed by atoms with E-state index in [4.69, 9.17) is 4.74 Å². The Morgan fingerprint density at radius 1 is 1.17 bits per heavy atom. The molecule has 148 valence electrons. The third-order valence-electron chi connectivity index (χ3n) is 6.94. The molecule has 29 heavy (non-hydrogen) atoms. The van der Waals surface area contributed by atoms with E-state index in [1.54, 1.807) is 0 Å². The van der Waals surface area contributed by atoms with Gasteiger partial charge in [0, 0.05) is 16.5 Å². The minimum atomic E-state index is -1.23. The van der Waals surface area contributed by atoms with E-state index >= 15 is 0 Å². The van der Waals surface area contributed by atoms with E-state index in [2.05, 4.69) is 15.3 Å². The van der Waals surface area contributed by atoms with Crippen molar-refractivity contribution in [1.29, 1.82) is 0 Å². The summed E-state index contributed by atoms with van der Waals surface area (Å²) in [6.07, 6.45) is 4.49. The number of hydrogen-bond acceptors (Lipinski definition) is 5. The van der Waals surface area contributed by atoms with Gasteiger partial charge in [-0.25, -0.2) is 14.7 Å². The van der Waals surface area contributed by atoms with Crippen LogP contribution in [0.15, 0.2) is 22.1 Å². The number of fused-ring (bicyclic) bond motifs is 2. The van der Waals surface area contributed by atoms with Gasteiger partial charge in [-0.2, -0.15) is 0 Å². The number of nitrogens with one attached hydrogen (secondary N) is 1. The molecule has 1 atom stereocenters. The SMILES string of the molecule is Cc1ccc(C2=NC(=O)C(N3C(=O)NC4(CCC4)C3=O)N=C2)c2c1OCC21CC1. The van der Waals surface area contributed by atoms with Crippen molar-refractivity contribution in [1.82, 2.24) is 10.2 Å². The second-order valence-corrected chi connectivity index (χ2v) is 8.73. The van der Waals surface area contributed by atoms with Crippen LogP contribution in [0.1, 0.15) is 48.8 Å². The molecule has 5 aliphatic rings. The predicted octanol–water partition coefficient (Wildman–Crippen LogP) is 1.62. The van der Waals surface area contributed by atoms with Gasteiger partial charge >= 0.3 is 6.03 Å². The van der Waals surface area contributed by atoms with Crippen LogP contribution in [0.2, 0.25) is 0 Å². The van der Waals surface area contributed by atoms with Gasteiger partial charge in [0.15, 0.2) is 0 Å². The second kappa shape index (κ2) is 5.31. The third kappa shape index (κ3) is 2.11. The summed E-state index contributed by atoms with van der Waals surface area (Å²) in [6, 6.07) is 3.35. The lowest BCUT2D eigenvalue weighted by Crippen LogP contribution is -2.53. The van der Waals surface area contributed by atoms with E-state index in [0.717, 1.165) is 46.6 Å². The fourth-order valence-electron chi connectivity index (χ4n) is 4.89. The Labute approximate surface area is 167 Å². The average molecular weight is 392 g/mol. The lowest BCUT2D eigenvalue weighted by Gasteiger charge is -2.35. The van der Waals surface area contributed by atoms with Gasteiger partial charge in [-0.05, 0) is 44.6 Å². The molecule has 2 saturated carbocycles. The number of ether oxygens (including phenoxy) is 1. The number of nitrogens with zero attached hydrogens (tertiary/aromatic N) is 3. The summed E-state index contributed by atoms with van der Waals surface area (Å²) in [5.41, 5.74) is 2.67. The Hall–Kier alpha value is -3.03. The molecule has 1 unspecified atom stereocenters. The maximum Gasteiger partial charge on any atom is 0.327 e. The first kappa shape index (κ1) is 16.9. The summed E-state index contributed by atoms with van der Waals surface area (Å²) >= 11 is 0. The van der Waals surface area contributed by atoms with E-state index in [9.17, 15) is 14.4 Å². The molecule has 1 saturated heterocycles. The standard InChI is InChI=1S/C21H20N4O4/c1-11-3-4-12(14-15(11)29-10-20(14)7-8-20)13-9-22-16(17(26)23-13)25-18(27)21(5-2-6-21)24-19(25)28/h3-4,9,16H,2,5-8,10H2,1H3,(H,24,28). The van der Waals surface area contributed by atoms with Gasteiger partial charge in [-0.1, -0.05) is 12.1 Å². The smallest absolute Gasteiger partial charge is 0.327 e. The topological polar surface area (TPSA) is 100 Å². The molecule has 3 heterocycles. The molecule has 0 aromatic heterocycles. The highest BCUT2D eigenvalue weighted by atomic mass is 16.5. The van der Waals surface area contributed by atoms with Crippen LogP contribution in [-0.4, -0.2) is 53.0 Å². The molecule has 4 amide bonds. The summed E-state index contributed by atoms with van der Waals surface area (Å²) < 4.78 is 5.95. The second-order valence-electron chi connectivity index (χ2n) is 8.73. The van der Waals surface area contributed by atoms with Crippen molar-refractivity contribution in [2.75, 3.05) is 6.61 Å². The normalized spacial score (nSPS) is 27.6. The molecule has 2 spiro atoms. The van der Waals surface area contributed by atoms with Crippen LogP contribution < -0.4 is 10.1 Å². The number of aryl methyl sites for hydroxylation is 1. The molecule has 1 N–H and O–H groups in total. The molecule has 2 aliphatic carbocycles. The van der Waals surface area contributed by atoms with Gasteiger partial charge in [0.25, 0.3) is 11.8 Å². The number of amides is 4. The molecular weight excluding hydrogens is 372 g/mol. The Bertz CT molecular complexity index is 1060. The van der Waals surface area contributed by atoms with Crippen LogP contribution in [0, 0.1) is 6.92 Å². The van der Waals surface area contributed by atoms with E-state index in [1.807, 2.05) is 19.1 Å². The number of imide groups is 1. The van der Waals surface area contributed by atoms with Crippen LogP contribution in [0.3, 0.4) is 0 Å². The van der Waals surface area contributed by atoms with Crippen LogP contribution in [0.4, 0.5) is 4.79 Å². The zero-order valence-corrected chi connectivity index (χ0v) is 16.0. The van der Waals surface area contributed by atoms with Gasteiger partial charge in [-0.3, -0.25) is 14.6 Å². The Balaban J connectivity index is 1.34. The lowest BCUT2D eigenvalue weighted by atomic mass is 9.77. The fourth-order valence-corrected chi connectivity index (χ4v) is 4.89. The molecular formula is C21H20N4O4. The third-order valence-corrected chi connectivity index (χ3v) is 6.94. The monoisotopic (exact) mass is 392 g/mol. The molecule has 6 rings (SSSR count). The van der Waals surface area contributed by atoms with Crippen molar-refractivity contribution in [3.8, 4) is 5.75 Å². The highest BCUT2D eigenvalue weighted by Crippen LogP contribution is 2.57. The van der Waals surface area contributed by atoms with Gasteiger partial charge in [0.1, 0.15) is 11.3 Å². The summed E-state index contributed by atoms with van der Waals surface area (Å²) in [7, 11) is 0. The summed E-state index contributed by atoms with van der Waals surface area (Å²) in [6.45, 7) is 2.67. The zero-order chi connectivity index (χ0) is 20.0. The molecule has 3 fully saturated rings. The fraction of sp³-hybridized carbons (Fsp3) is 0.476. The molecule has 3 aliphatic heterocycles. The van der Waals surface area contributed by atoms with Crippen molar-refractivity contribution >= 4 is 29.8 Å². The van der Waals surface area contributed by atoms with Crippen molar-refractivity contribution in [2.45, 2.75) is 56.1 Å². The first-order valence-corrected chi connectivity index (χ1v) is 10.0. The number of aliphatic imine (C=N–C) groups is 2. The molecule has 0 bridgehead atoms. The van der Waals surface area contributed by atoms with Crippen LogP contribution in [0.25, 0.3) is 0 Å². The largest absolute Gasteiger partial charge is 0.492 e. The highest BCUT2D eigenvalue weighted by molar-refractivity contribution is 6.42. The van der Waals surface area contributed by atoms with Gasteiger partial charge < -0.3 is 10.1 Å². The first-order chi connectivity index (χ1) is 13.9. The minimum Gasteiger partial charge on any atom is -0.492 e. The van der Waals surface area contributed by atoms with E-state index < -0.39 is 23.6 Å². The van der Waals surface area contributed by atoms with E-state index in [1.165, 1.54) is 6.21 Å². The average Bonchev–Trinajstić information content (AvgIpc) is 3.27. The van der Waals surface area contributed by atoms with Crippen molar-refractivity contribution < 1.29 is 19.1 Å². The van der Waals surface area contributed by atoms with Crippen molar-refractivity contribution in [3.63, 3.8) is 0 Å². The number of benzene rings is 1. The molecule has 1 aromatic carbocycles. The maximum atomic E-state index is 12.8. The molecule has 8 nitrogen and oxygen atoms in total. The van der Waals surface area contributed by atoms with Crippen molar-refractivity contribution in [3.05, 3.63) is 28.8 Å².